The molecular formula is C102H64N8O2. The highest BCUT2D eigenvalue weighted by Gasteiger charge is 2.25. The fourth-order valence-corrected chi connectivity index (χ4v) is 16.0. The van der Waals surface area contributed by atoms with Crippen LogP contribution in [0.4, 0.5) is 0 Å². The van der Waals surface area contributed by atoms with Crippen molar-refractivity contribution in [2.24, 2.45) is 0 Å². The number of para-hydroxylation sites is 3. The SMILES string of the molecule is c1ccc(-c2ccc(-c3nc(-c4ccccc4)nc(-c4cccc5oc6c(-n7c8ccccc8c8cc(-c9ccccc9)ccc87)cccc6c45)n3)cc2)cc1.c1ccc(-c2ccc(-c3nc(-c4ccccc4)nc(-c4cccc5oc6cc(-n7c8ccccc8c8ccc(-c9ccccc9)cc87)ccc6c45)n3)cc2)cc1. The molecule has 22 aromatic rings. The molecule has 524 valence electrons. The fraction of sp³-hybridized carbons (Fsp3) is 0. The van der Waals surface area contributed by atoms with Crippen LogP contribution >= 0.6 is 0 Å². The molecule has 10 nitrogen and oxygen atoms in total. The van der Waals surface area contributed by atoms with Crippen molar-refractivity contribution in [1.82, 2.24) is 39.0 Å². The third-order valence-corrected chi connectivity index (χ3v) is 21.4. The molecule has 0 radical (unpaired) electrons. The zero-order valence-electron chi connectivity index (χ0n) is 60.3. The van der Waals surface area contributed by atoms with Gasteiger partial charge in [0.1, 0.15) is 16.7 Å². The molecule has 6 aromatic heterocycles. The standard InChI is InChI=1S/2C51H32N4O/c1-4-14-33(15-5-1)35-26-28-37(29-27-35)50-52-49(36-18-8-3-9-19-36)53-51(54-50)41-22-13-25-46-47(41)40-21-12-24-45(48(40)56-46)55-43-23-11-10-20-39(43)42-32-38(30-31-44(42)55)34-16-6-2-7-17-34;1-4-13-33(14-5-1)35-23-25-37(26-24-35)50-52-49(36-17-8-3-9-18-36)53-51(54-50)43-20-12-22-46-48(43)42-30-28-39(32-47(42)56-46)55-44-21-11-10-19-40(44)41-29-27-38(31-45(41)55)34-15-6-2-7-16-34/h2*1-32H. The van der Waals surface area contributed by atoms with E-state index < -0.39 is 0 Å². The van der Waals surface area contributed by atoms with E-state index in [9.17, 15) is 0 Å². The van der Waals surface area contributed by atoms with E-state index in [1.54, 1.807) is 0 Å². The lowest BCUT2D eigenvalue weighted by molar-refractivity contribution is 0.666. The topological polar surface area (TPSA) is 113 Å². The first kappa shape index (κ1) is 65.1. The lowest BCUT2D eigenvalue weighted by Gasteiger charge is -2.10. The van der Waals surface area contributed by atoms with E-state index in [-0.39, 0.29) is 0 Å². The summed E-state index contributed by atoms with van der Waals surface area (Å²) in [6.07, 6.45) is 0. The molecule has 0 N–H and O–H groups in total. The molecule has 0 atom stereocenters. The molecule has 10 heteroatoms. The van der Waals surface area contributed by atoms with Crippen molar-refractivity contribution in [1.29, 1.82) is 0 Å². The molecule has 112 heavy (non-hydrogen) atoms. The Kier molecular flexibility index (Phi) is 16.0. The van der Waals surface area contributed by atoms with E-state index in [4.69, 9.17) is 38.7 Å². The van der Waals surface area contributed by atoms with Crippen molar-refractivity contribution in [2.45, 2.75) is 0 Å². The van der Waals surface area contributed by atoms with Crippen molar-refractivity contribution >= 4 is 87.5 Å². The van der Waals surface area contributed by atoms with Gasteiger partial charge in [0.25, 0.3) is 0 Å². The minimum absolute atomic E-state index is 0.588. The van der Waals surface area contributed by atoms with Crippen molar-refractivity contribution in [3.63, 3.8) is 0 Å². The summed E-state index contributed by atoms with van der Waals surface area (Å²) in [5.74, 6) is 3.63. The van der Waals surface area contributed by atoms with Crippen LogP contribution in [-0.2, 0) is 0 Å². The quantitative estimate of drug-likeness (QED) is 0.119. The van der Waals surface area contributed by atoms with E-state index in [1.165, 1.54) is 43.8 Å². The van der Waals surface area contributed by atoms with Crippen molar-refractivity contribution < 1.29 is 8.83 Å². The molecule has 0 aliphatic heterocycles. The average molecular weight is 1430 g/mol. The third-order valence-electron chi connectivity index (χ3n) is 21.4. The maximum atomic E-state index is 6.85. The Balaban J connectivity index is 0.000000141. The largest absolute Gasteiger partial charge is 0.456 e. The highest BCUT2D eigenvalue weighted by molar-refractivity contribution is 6.17. The highest BCUT2D eigenvalue weighted by Crippen LogP contribution is 2.45. The first-order valence-electron chi connectivity index (χ1n) is 37.5. The summed E-state index contributed by atoms with van der Waals surface area (Å²) in [5, 5.41) is 8.74. The Hall–Kier alpha value is -15.3. The van der Waals surface area contributed by atoms with Gasteiger partial charge in [-0.3, -0.25) is 0 Å². The molecule has 0 amide bonds. The molecule has 0 unspecified atom stereocenters. The molecule has 0 bridgehead atoms. The van der Waals surface area contributed by atoms with E-state index in [2.05, 4.69) is 300 Å². The Labute approximate surface area is 643 Å². The fourth-order valence-electron chi connectivity index (χ4n) is 16.0. The average Bonchev–Trinajstić information content (AvgIpc) is 1.55. The first-order valence-corrected chi connectivity index (χ1v) is 37.5. The van der Waals surface area contributed by atoms with Gasteiger partial charge in [-0.2, -0.15) is 0 Å². The van der Waals surface area contributed by atoms with E-state index >= 15 is 0 Å². The summed E-state index contributed by atoms with van der Waals surface area (Å²) in [7, 11) is 0. The predicted molar refractivity (Wildman–Crippen MR) is 457 cm³/mol. The molecule has 0 spiro atoms. The maximum Gasteiger partial charge on any atom is 0.164 e. The number of benzene rings is 16. The van der Waals surface area contributed by atoms with Gasteiger partial charge in [0.15, 0.2) is 40.5 Å². The second kappa shape index (κ2) is 27.5. The number of aromatic nitrogens is 8. The third kappa shape index (κ3) is 11.6. The van der Waals surface area contributed by atoms with Gasteiger partial charge in [0.05, 0.1) is 27.8 Å². The number of hydrogen-bond donors (Lipinski definition) is 0. The molecule has 0 saturated carbocycles. The van der Waals surface area contributed by atoms with Gasteiger partial charge >= 0.3 is 0 Å². The Morgan fingerprint density at radius 1 is 0.188 bits per heavy atom. The summed E-state index contributed by atoms with van der Waals surface area (Å²) in [5.41, 5.74) is 24.5. The van der Waals surface area contributed by atoms with Gasteiger partial charge in [0, 0.05) is 88.2 Å². The van der Waals surface area contributed by atoms with E-state index in [0.717, 1.165) is 133 Å². The number of hydrogen-bond acceptors (Lipinski definition) is 8. The Morgan fingerprint density at radius 3 is 1.06 bits per heavy atom. The lowest BCUT2D eigenvalue weighted by atomic mass is 10.0. The van der Waals surface area contributed by atoms with Gasteiger partial charge in [-0.25, -0.2) is 29.9 Å². The first-order chi connectivity index (χ1) is 55.5. The van der Waals surface area contributed by atoms with Crippen LogP contribution in [0.1, 0.15) is 0 Å². The van der Waals surface area contributed by atoms with Gasteiger partial charge in [-0.15, -0.1) is 0 Å². The van der Waals surface area contributed by atoms with Crippen LogP contribution in [0.3, 0.4) is 0 Å². The molecule has 22 rings (SSSR count). The minimum Gasteiger partial charge on any atom is -0.456 e. The van der Waals surface area contributed by atoms with Gasteiger partial charge in [-0.1, -0.05) is 322 Å². The smallest absolute Gasteiger partial charge is 0.164 e. The summed E-state index contributed by atoms with van der Waals surface area (Å²) in [6, 6.07) is 135. The van der Waals surface area contributed by atoms with Crippen LogP contribution in [0.15, 0.2) is 397 Å². The van der Waals surface area contributed by atoms with Crippen LogP contribution in [0, 0.1) is 0 Å². The van der Waals surface area contributed by atoms with Crippen molar-refractivity contribution in [3.8, 4) is 124 Å². The van der Waals surface area contributed by atoms with Crippen LogP contribution in [0.25, 0.3) is 212 Å². The molecule has 0 aliphatic rings. The molecule has 0 fully saturated rings. The summed E-state index contributed by atoms with van der Waals surface area (Å²) < 4.78 is 18.2. The number of nitrogens with zero attached hydrogens (tertiary/aromatic N) is 8. The van der Waals surface area contributed by atoms with Gasteiger partial charge in [0.2, 0.25) is 0 Å². The molecule has 0 saturated heterocycles. The maximum absolute atomic E-state index is 6.85. The molecule has 16 aromatic carbocycles. The van der Waals surface area contributed by atoms with Crippen LogP contribution in [0.5, 0.6) is 0 Å². The number of furan rings is 2. The second-order valence-corrected chi connectivity index (χ2v) is 28.0. The predicted octanol–water partition coefficient (Wildman–Crippen LogP) is 26.4. The summed E-state index contributed by atoms with van der Waals surface area (Å²) in [6.45, 7) is 0. The van der Waals surface area contributed by atoms with Crippen molar-refractivity contribution in [2.75, 3.05) is 0 Å². The van der Waals surface area contributed by atoms with Crippen LogP contribution in [-0.4, -0.2) is 39.0 Å². The van der Waals surface area contributed by atoms with E-state index in [0.29, 0.717) is 34.9 Å². The lowest BCUT2D eigenvalue weighted by Crippen LogP contribution is -2.00. The molecular weight excluding hydrogens is 1370 g/mol. The molecule has 0 aliphatic carbocycles. The van der Waals surface area contributed by atoms with Gasteiger partial charge in [-0.05, 0) is 105 Å². The van der Waals surface area contributed by atoms with Crippen LogP contribution < -0.4 is 0 Å². The Bertz CT molecular complexity index is 7330. The summed E-state index contributed by atoms with van der Waals surface area (Å²) in [4.78, 5) is 30.5. The summed E-state index contributed by atoms with van der Waals surface area (Å²) >= 11 is 0. The normalized spacial score (nSPS) is 11.6. The highest BCUT2D eigenvalue weighted by atomic mass is 16.3. The van der Waals surface area contributed by atoms with Gasteiger partial charge < -0.3 is 18.0 Å². The zero-order valence-corrected chi connectivity index (χ0v) is 60.3. The second-order valence-electron chi connectivity index (χ2n) is 28.0. The van der Waals surface area contributed by atoms with Crippen molar-refractivity contribution in [3.05, 3.63) is 388 Å². The zero-order chi connectivity index (χ0) is 74.0. The van der Waals surface area contributed by atoms with E-state index in [1.807, 2.05) is 97.1 Å². The minimum atomic E-state index is 0.588. The Morgan fingerprint density at radius 2 is 0.536 bits per heavy atom. The monoisotopic (exact) mass is 1430 g/mol. The van der Waals surface area contributed by atoms with Crippen LogP contribution in [0.2, 0.25) is 0 Å². The number of fused-ring (bicyclic) bond motifs is 12. The number of rotatable bonds is 12. The molecule has 6 heterocycles.